The number of carbonyl (C=O) groups is 1. The summed E-state index contributed by atoms with van der Waals surface area (Å²) >= 11 is 0. The van der Waals surface area contributed by atoms with E-state index in [2.05, 4.69) is 69.5 Å². The molecule has 0 radical (unpaired) electrons. The molecule has 0 saturated heterocycles. The van der Waals surface area contributed by atoms with Crippen LogP contribution in [0.3, 0.4) is 0 Å². The average Bonchev–Trinajstić information content (AvgIpc) is 3.29. The third-order valence-corrected chi connectivity index (χ3v) is 6.56. The molecule has 0 fully saturated rings. The van der Waals surface area contributed by atoms with E-state index in [-0.39, 0.29) is 11.4 Å². The number of aromatic nitrogens is 2. The number of fused-ring (bicyclic) bond motifs is 1. The van der Waals surface area contributed by atoms with Crippen molar-refractivity contribution in [2.45, 2.75) is 40.0 Å². The molecule has 0 aliphatic carbocycles. The molecule has 1 aromatic heterocycles. The number of anilines is 2. The minimum atomic E-state index is -0.319. The highest BCUT2D eigenvalue weighted by molar-refractivity contribution is 6.07. The van der Waals surface area contributed by atoms with E-state index >= 15 is 0 Å². The van der Waals surface area contributed by atoms with E-state index < -0.39 is 0 Å². The lowest BCUT2D eigenvalue weighted by molar-refractivity contribution is 0.262. The lowest BCUT2D eigenvalue weighted by atomic mass is 9.92. The maximum absolute atomic E-state index is 13.4. The van der Waals surface area contributed by atoms with Gasteiger partial charge in [0.1, 0.15) is 5.82 Å². The van der Waals surface area contributed by atoms with Gasteiger partial charge in [-0.2, -0.15) is 5.10 Å². The summed E-state index contributed by atoms with van der Waals surface area (Å²) in [6, 6.07) is 30.3. The highest BCUT2D eigenvalue weighted by Crippen LogP contribution is 2.33. The highest BCUT2D eigenvalue weighted by Gasteiger charge is 2.22. The summed E-state index contributed by atoms with van der Waals surface area (Å²) in [5, 5.41) is 13.0. The smallest absolute Gasteiger partial charge is 0.307 e. The molecule has 5 aromatic rings. The van der Waals surface area contributed by atoms with Gasteiger partial charge in [0.2, 0.25) is 0 Å². The van der Waals surface area contributed by atoms with E-state index in [9.17, 15) is 4.79 Å². The number of aryl methyl sites for hydroxylation is 2. The Balaban J connectivity index is 1.51. The molecule has 0 unspecified atom stereocenters. The van der Waals surface area contributed by atoms with Crippen LogP contribution in [0.1, 0.15) is 37.6 Å². The first-order valence-corrected chi connectivity index (χ1v) is 12.5. The molecule has 5 nitrogen and oxygen atoms in total. The first kappa shape index (κ1) is 24.3. The fraction of sp³-hybridized carbons (Fsp3) is 0.188. The Hall–Kier alpha value is -4.38. The van der Waals surface area contributed by atoms with Gasteiger partial charge in [-0.15, -0.1) is 0 Å². The van der Waals surface area contributed by atoms with Crippen LogP contribution in [0.25, 0.3) is 27.6 Å². The molecule has 1 heterocycles. The van der Waals surface area contributed by atoms with Gasteiger partial charge in [-0.1, -0.05) is 87.0 Å². The van der Waals surface area contributed by atoms with Crippen LogP contribution < -0.4 is 10.6 Å². The predicted molar refractivity (Wildman–Crippen MR) is 154 cm³/mol. The molecule has 37 heavy (non-hydrogen) atoms. The zero-order chi connectivity index (χ0) is 26.2. The fourth-order valence-electron chi connectivity index (χ4n) is 4.46. The third kappa shape index (κ3) is 5.12. The molecule has 0 saturated carbocycles. The fourth-order valence-corrected chi connectivity index (χ4v) is 4.46. The second-order valence-electron chi connectivity index (χ2n) is 10.6. The molecule has 186 valence electrons. The third-order valence-electron chi connectivity index (χ3n) is 6.56. The highest BCUT2D eigenvalue weighted by atomic mass is 16.2. The molecule has 0 spiro atoms. The van der Waals surface area contributed by atoms with Gasteiger partial charge in [0.15, 0.2) is 0 Å². The molecule has 0 atom stereocenters. The number of rotatable bonds is 4. The molecular weight excluding hydrogens is 456 g/mol. The number of hydrogen-bond acceptors (Lipinski definition) is 2. The standard InChI is InChI=1S/C32H32N4O/c1-21-14-16-25(17-15-21)36-30(20-29(35-36)32(3,4)5)34-31(37)33-28-19-24(26-12-8-6-10-22(26)2)18-23-11-7-9-13-27(23)28/h6-20H,1-5H3,(H2,33,34,37). The van der Waals surface area contributed by atoms with Crippen molar-refractivity contribution in [1.82, 2.24) is 9.78 Å². The van der Waals surface area contributed by atoms with Crippen LogP contribution in [0.15, 0.2) is 91.0 Å². The van der Waals surface area contributed by atoms with Gasteiger partial charge >= 0.3 is 6.03 Å². The molecule has 0 aliphatic heterocycles. The topological polar surface area (TPSA) is 59.0 Å². The molecular formula is C32H32N4O. The molecule has 2 amide bonds. The predicted octanol–water partition coefficient (Wildman–Crippen LogP) is 8.25. The number of amides is 2. The molecule has 5 heteroatoms. The van der Waals surface area contributed by atoms with E-state index in [1.807, 2.05) is 66.7 Å². The molecule has 4 aromatic carbocycles. The minimum Gasteiger partial charge on any atom is -0.307 e. The van der Waals surface area contributed by atoms with Crippen molar-refractivity contribution < 1.29 is 4.79 Å². The Morgan fingerprint density at radius 2 is 1.51 bits per heavy atom. The van der Waals surface area contributed by atoms with Crippen LogP contribution in [0.4, 0.5) is 16.3 Å². The molecule has 0 bridgehead atoms. The van der Waals surface area contributed by atoms with Gasteiger partial charge in [-0.25, -0.2) is 9.48 Å². The maximum atomic E-state index is 13.4. The Kier molecular flexibility index (Phi) is 6.30. The van der Waals surface area contributed by atoms with Crippen molar-refractivity contribution in [2.24, 2.45) is 0 Å². The summed E-state index contributed by atoms with van der Waals surface area (Å²) < 4.78 is 1.79. The Morgan fingerprint density at radius 3 is 2.24 bits per heavy atom. The zero-order valence-corrected chi connectivity index (χ0v) is 22.0. The summed E-state index contributed by atoms with van der Waals surface area (Å²) in [6.45, 7) is 10.5. The first-order valence-electron chi connectivity index (χ1n) is 12.5. The summed E-state index contributed by atoms with van der Waals surface area (Å²) in [4.78, 5) is 13.4. The van der Waals surface area contributed by atoms with Crippen molar-refractivity contribution in [3.63, 3.8) is 0 Å². The van der Waals surface area contributed by atoms with Crippen LogP contribution in [-0.4, -0.2) is 15.8 Å². The van der Waals surface area contributed by atoms with Gasteiger partial charge < -0.3 is 5.32 Å². The van der Waals surface area contributed by atoms with Crippen LogP contribution in [0, 0.1) is 13.8 Å². The van der Waals surface area contributed by atoms with E-state index in [4.69, 9.17) is 5.10 Å². The normalized spacial score (nSPS) is 11.5. The minimum absolute atomic E-state index is 0.166. The van der Waals surface area contributed by atoms with Crippen LogP contribution >= 0.6 is 0 Å². The monoisotopic (exact) mass is 488 g/mol. The van der Waals surface area contributed by atoms with Gasteiger partial charge in [-0.3, -0.25) is 5.32 Å². The Labute approximate surface area is 218 Å². The molecule has 5 rings (SSSR count). The van der Waals surface area contributed by atoms with Crippen molar-refractivity contribution in [2.75, 3.05) is 10.6 Å². The van der Waals surface area contributed by atoms with Crippen LogP contribution in [0.5, 0.6) is 0 Å². The second-order valence-corrected chi connectivity index (χ2v) is 10.6. The van der Waals surface area contributed by atoms with Gasteiger partial charge in [0, 0.05) is 16.9 Å². The van der Waals surface area contributed by atoms with Crippen LogP contribution in [0.2, 0.25) is 0 Å². The van der Waals surface area contributed by atoms with E-state index in [1.165, 1.54) is 11.1 Å². The SMILES string of the molecule is Cc1ccc(-n2nc(C(C)(C)C)cc2NC(=O)Nc2cc(-c3ccccc3C)cc3ccccc23)cc1. The van der Waals surface area contributed by atoms with E-state index in [0.717, 1.165) is 39.0 Å². The Bertz CT molecular complexity index is 1590. The van der Waals surface area contributed by atoms with E-state index in [1.54, 1.807) is 4.68 Å². The number of benzene rings is 4. The van der Waals surface area contributed by atoms with Crippen molar-refractivity contribution in [1.29, 1.82) is 0 Å². The summed E-state index contributed by atoms with van der Waals surface area (Å²) in [5.41, 5.74) is 6.94. The quantitative estimate of drug-likeness (QED) is 0.267. The molecule has 2 N–H and O–H groups in total. The van der Waals surface area contributed by atoms with Gasteiger partial charge in [0.05, 0.1) is 17.1 Å². The lowest BCUT2D eigenvalue weighted by Gasteiger charge is -2.14. The number of urea groups is 1. The zero-order valence-electron chi connectivity index (χ0n) is 22.0. The van der Waals surface area contributed by atoms with Gasteiger partial charge in [-0.05, 0) is 60.2 Å². The number of carbonyl (C=O) groups excluding carboxylic acids is 1. The summed E-state index contributed by atoms with van der Waals surface area (Å²) in [5.74, 6) is 0.616. The summed E-state index contributed by atoms with van der Waals surface area (Å²) in [7, 11) is 0. The van der Waals surface area contributed by atoms with E-state index in [0.29, 0.717) is 5.82 Å². The van der Waals surface area contributed by atoms with Crippen molar-refractivity contribution >= 4 is 28.3 Å². The second kappa shape index (κ2) is 9.58. The average molecular weight is 489 g/mol. The summed E-state index contributed by atoms with van der Waals surface area (Å²) in [6.07, 6.45) is 0. The maximum Gasteiger partial charge on any atom is 0.324 e. The first-order chi connectivity index (χ1) is 17.7. The lowest BCUT2D eigenvalue weighted by Crippen LogP contribution is -2.21. The number of nitrogens with one attached hydrogen (secondary N) is 2. The number of nitrogens with zero attached hydrogens (tertiary/aromatic N) is 2. The largest absolute Gasteiger partial charge is 0.324 e. The van der Waals surface area contributed by atoms with Gasteiger partial charge in [0.25, 0.3) is 0 Å². The molecule has 0 aliphatic rings. The van der Waals surface area contributed by atoms with Crippen molar-refractivity contribution in [3.05, 3.63) is 108 Å². The number of hydrogen-bond donors (Lipinski definition) is 2. The Morgan fingerprint density at radius 1 is 0.811 bits per heavy atom. The van der Waals surface area contributed by atoms with Crippen LogP contribution in [-0.2, 0) is 5.41 Å². The van der Waals surface area contributed by atoms with Crippen molar-refractivity contribution in [3.8, 4) is 16.8 Å².